The lowest BCUT2D eigenvalue weighted by Crippen LogP contribution is -2.72. The molecule has 0 bridgehead atoms. The van der Waals surface area contributed by atoms with Gasteiger partial charge >= 0.3 is 23.9 Å². The number of carbonyl (C=O) groups is 4. The lowest BCUT2D eigenvalue weighted by molar-refractivity contribution is -0.253. The van der Waals surface area contributed by atoms with Crippen molar-refractivity contribution in [2.75, 3.05) is 6.61 Å². The number of furan rings is 1. The Morgan fingerprint density at radius 3 is 2.28 bits per heavy atom. The van der Waals surface area contributed by atoms with Crippen molar-refractivity contribution in [3.63, 3.8) is 0 Å². The number of benzene rings is 1. The van der Waals surface area contributed by atoms with E-state index < -0.39 is 76.5 Å². The molecule has 1 aromatic carbocycles. The summed E-state index contributed by atoms with van der Waals surface area (Å²) in [5, 5.41) is 0. The second-order valence-electron chi connectivity index (χ2n) is 14.7. The van der Waals surface area contributed by atoms with Crippen LogP contribution in [-0.2, 0) is 38.1 Å². The van der Waals surface area contributed by atoms with Crippen LogP contribution >= 0.6 is 0 Å². The number of fused-ring (bicyclic) bond motifs is 4. The Hall–Kier alpha value is -3.92. The van der Waals surface area contributed by atoms with Gasteiger partial charge in [0.15, 0.2) is 0 Å². The zero-order chi connectivity index (χ0) is 33.5. The van der Waals surface area contributed by atoms with Gasteiger partial charge in [-0.05, 0) is 48.6 Å². The maximum atomic E-state index is 14.0. The molecule has 5 aliphatic rings. The quantitative estimate of drug-likeness (QED) is 0.232. The molecule has 2 saturated heterocycles. The zero-order valence-electron chi connectivity index (χ0n) is 27.6. The molecular weight excluding hydrogens is 604 g/mol. The molecule has 250 valence electrons. The van der Waals surface area contributed by atoms with Gasteiger partial charge in [-0.3, -0.25) is 14.4 Å². The Labute approximate surface area is 274 Å². The van der Waals surface area contributed by atoms with Gasteiger partial charge in [-0.25, -0.2) is 4.79 Å². The van der Waals surface area contributed by atoms with Crippen LogP contribution in [0.2, 0.25) is 0 Å². The van der Waals surface area contributed by atoms with E-state index in [-0.39, 0.29) is 31.3 Å². The Kier molecular flexibility index (Phi) is 7.46. The summed E-state index contributed by atoms with van der Waals surface area (Å²) in [6.07, 6.45) is 0.699. The Morgan fingerprint density at radius 2 is 1.62 bits per heavy atom. The number of esters is 4. The van der Waals surface area contributed by atoms with Crippen LogP contribution in [0.15, 0.2) is 64.5 Å². The third kappa shape index (κ3) is 4.61. The molecule has 11 atom stereocenters. The van der Waals surface area contributed by atoms with E-state index in [1.165, 1.54) is 13.8 Å². The molecule has 7 rings (SSSR count). The van der Waals surface area contributed by atoms with Crippen molar-refractivity contribution in [1.29, 1.82) is 0 Å². The predicted octanol–water partition coefficient (Wildman–Crippen LogP) is 5.56. The van der Waals surface area contributed by atoms with Crippen molar-refractivity contribution in [2.24, 2.45) is 28.1 Å². The van der Waals surface area contributed by atoms with E-state index in [0.717, 1.165) is 16.7 Å². The van der Waals surface area contributed by atoms with E-state index in [9.17, 15) is 19.2 Å². The van der Waals surface area contributed by atoms with E-state index in [4.69, 9.17) is 28.1 Å². The lowest BCUT2D eigenvalue weighted by atomic mass is 9.39. The minimum Gasteiger partial charge on any atom is -0.472 e. The summed E-state index contributed by atoms with van der Waals surface area (Å²) >= 11 is 0. The van der Waals surface area contributed by atoms with Gasteiger partial charge in [-0.2, -0.15) is 0 Å². The van der Waals surface area contributed by atoms with Crippen molar-refractivity contribution < 1.29 is 47.3 Å². The number of allylic oxidation sites excluding steroid dienone is 1. The average molecular weight is 647 g/mol. The molecule has 4 fully saturated rings. The van der Waals surface area contributed by atoms with Gasteiger partial charge in [0.05, 0.1) is 30.8 Å². The van der Waals surface area contributed by atoms with Crippen LogP contribution in [0, 0.1) is 28.1 Å². The first-order valence-electron chi connectivity index (χ1n) is 16.4. The van der Waals surface area contributed by atoms with Crippen LogP contribution in [0.5, 0.6) is 0 Å². The molecule has 2 aliphatic heterocycles. The Bertz CT molecular complexity index is 1630. The van der Waals surface area contributed by atoms with Crippen LogP contribution in [0.25, 0.3) is 0 Å². The van der Waals surface area contributed by atoms with Crippen molar-refractivity contribution in [3.05, 3.63) is 71.2 Å². The molecule has 47 heavy (non-hydrogen) atoms. The highest BCUT2D eigenvalue weighted by atomic mass is 16.6. The van der Waals surface area contributed by atoms with Gasteiger partial charge in [-0.15, -0.1) is 0 Å². The summed E-state index contributed by atoms with van der Waals surface area (Å²) in [7, 11) is 0. The maximum Gasteiger partial charge on any atom is 0.338 e. The molecule has 1 aromatic heterocycles. The molecule has 2 saturated carbocycles. The highest BCUT2D eigenvalue weighted by Crippen LogP contribution is 2.72. The fraction of sp³-hybridized carbons (Fsp3) is 0.568. The number of rotatable bonds is 5. The van der Waals surface area contributed by atoms with Crippen LogP contribution in [0.4, 0.5) is 0 Å². The summed E-state index contributed by atoms with van der Waals surface area (Å²) < 4.78 is 37.2. The predicted molar refractivity (Wildman–Crippen MR) is 166 cm³/mol. The Morgan fingerprint density at radius 1 is 0.915 bits per heavy atom. The van der Waals surface area contributed by atoms with E-state index in [0.29, 0.717) is 12.0 Å². The minimum absolute atomic E-state index is 0.0192. The molecule has 0 spiro atoms. The lowest BCUT2D eigenvalue weighted by Gasteiger charge is -2.66. The van der Waals surface area contributed by atoms with E-state index in [1.807, 2.05) is 19.1 Å². The number of hydrogen-bond acceptors (Lipinski definition) is 10. The average Bonchev–Trinajstić information content (AvgIpc) is 3.73. The summed E-state index contributed by atoms with van der Waals surface area (Å²) in [4.78, 5) is 53.0. The largest absolute Gasteiger partial charge is 0.472 e. The van der Waals surface area contributed by atoms with Gasteiger partial charge in [0, 0.05) is 54.8 Å². The van der Waals surface area contributed by atoms with E-state index >= 15 is 0 Å². The fourth-order valence-corrected chi connectivity index (χ4v) is 10.5. The zero-order valence-corrected chi connectivity index (χ0v) is 27.6. The highest BCUT2D eigenvalue weighted by molar-refractivity contribution is 5.89. The topological polar surface area (TPSA) is 128 Å². The van der Waals surface area contributed by atoms with Crippen molar-refractivity contribution >= 4 is 23.9 Å². The van der Waals surface area contributed by atoms with Crippen molar-refractivity contribution in [3.8, 4) is 0 Å². The molecule has 0 amide bonds. The van der Waals surface area contributed by atoms with Crippen LogP contribution in [0.1, 0.15) is 82.6 Å². The monoisotopic (exact) mass is 646 g/mol. The SMILES string of the molecule is CC(=O)O[C@H]1C[C@@H](OC(C)=O)[C@@]2(C)CO[C@H]3[C@@H](OC(=O)c4ccccc4)[C@]4(C)C5=C(C)[C@H](c6ccoc6)C[C@@H]5OC(=O)C[C@H]4[C@]1(C)[C@@H]32. The van der Waals surface area contributed by atoms with E-state index in [2.05, 4.69) is 20.8 Å². The molecule has 0 N–H and O–H groups in total. The van der Waals surface area contributed by atoms with Gasteiger partial charge < -0.3 is 28.1 Å². The molecule has 0 unspecified atom stereocenters. The standard InChI is InChI=1S/C37H42O10/c1-19-24(23-12-13-42-17-23)14-25-30(19)37(6)26(15-29(40)46-25)36(5)28(45-21(3)39)16-27(44-20(2)38)35(4)18-43-31(32(35)36)33(37)47-34(41)22-10-8-7-9-11-22/h7-13,17,24-28,31-33H,14-16,18H2,1-6H3/t24-,25+,26+,27-,28+,31-,32+,33-,35-,36+,37+/m1/s1. The third-order valence-electron chi connectivity index (χ3n) is 12.3. The summed E-state index contributed by atoms with van der Waals surface area (Å²) in [5.41, 5.74) is 0.739. The van der Waals surface area contributed by atoms with Gasteiger partial charge in [0.1, 0.15) is 24.4 Å². The first kappa shape index (κ1) is 31.7. The normalized spacial score (nSPS) is 40.3. The second kappa shape index (κ2) is 11.1. The molecule has 0 radical (unpaired) electrons. The number of carbonyl (C=O) groups excluding carboxylic acids is 4. The van der Waals surface area contributed by atoms with Crippen LogP contribution in [-0.4, -0.2) is 61.0 Å². The number of ether oxygens (including phenoxy) is 5. The van der Waals surface area contributed by atoms with Gasteiger partial charge in [-0.1, -0.05) is 44.5 Å². The number of hydrogen-bond donors (Lipinski definition) is 0. The molecule has 10 heteroatoms. The molecular formula is C37H42O10. The third-order valence-corrected chi connectivity index (χ3v) is 12.3. The molecule has 10 nitrogen and oxygen atoms in total. The van der Waals surface area contributed by atoms with Gasteiger partial charge in [0.2, 0.25) is 0 Å². The van der Waals surface area contributed by atoms with Gasteiger partial charge in [0.25, 0.3) is 0 Å². The van der Waals surface area contributed by atoms with Crippen LogP contribution in [0.3, 0.4) is 0 Å². The summed E-state index contributed by atoms with van der Waals surface area (Å²) in [6.45, 7) is 11.2. The smallest absolute Gasteiger partial charge is 0.338 e. The van der Waals surface area contributed by atoms with Crippen molar-refractivity contribution in [1.82, 2.24) is 0 Å². The second-order valence-corrected chi connectivity index (χ2v) is 14.7. The summed E-state index contributed by atoms with van der Waals surface area (Å²) in [5.74, 6) is -2.78. The summed E-state index contributed by atoms with van der Waals surface area (Å²) in [6, 6.07) is 10.7. The molecule has 3 heterocycles. The maximum absolute atomic E-state index is 14.0. The molecule has 2 aromatic rings. The fourth-order valence-electron chi connectivity index (χ4n) is 10.5. The molecule has 3 aliphatic carbocycles. The highest BCUT2D eigenvalue weighted by Gasteiger charge is 2.78. The first-order valence-corrected chi connectivity index (χ1v) is 16.4. The van der Waals surface area contributed by atoms with Crippen molar-refractivity contribution in [2.45, 2.75) is 97.2 Å². The van der Waals surface area contributed by atoms with E-state index in [1.54, 1.807) is 36.8 Å². The Balaban J connectivity index is 1.46. The van der Waals surface area contributed by atoms with Crippen LogP contribution < -0.4 is 0 Å². The first-order chi connectivity index (χ1) is 22.3. The minimum atomic E-state index is -0.975.